The number of hydrogen-bond acceptors (Lipinski definition) is 11. The van der Waals surface area contributed by atoms with E-state index in [0.29, 0.717) is 6.54 Å². The number of imidazole rings is 1. The Hall–Kier alpha value is -3.29. The Morgan fingerprint density at radius 1 is 1.19 bits per heavy atom. The van der Waals surface area contributed by atoms with Gasteiger partial charge < -0.3 is 31.3 Å². The van der Waals surface area contributed by atoms with E-state index in [1.54, 1.807) is 0 Å². The van der Waals surface area contributed by atoms with Gasteiger partial charge in [0.25, 0.3) is 16.4 Å². The molecular formula is C18H23N7O6. The van der Waals surface area contributed by atoms with E-state index in [-0.39, 0.29) is 35.0 Å². The van der Waals surface area contributed by atoms with Gasteiger partial charge >= 0.3 is 0 Å². The number of aliphatic hydroxyl groups is 2. The normalized spacial score (nSPS) is 23.6. The van der Waals surface area contributed by atoms with E-state index >= 15 is 0 Å². The number of rotatable bonds is 8. The second-order valence-electron chi connectivity index (χ2n) is 7.39. The molecule has 0 aliphatic carbocycles. The maximum Gasteiger partial charge on any atom is 0.280 e. The minimum Gasteiger partial charge on any atom is -0.387 e. The summed E-state index contributed by atoms with van der Waals surface area (Å²) in [5.41, 5.74) is 4.23. The van der Waals surface area contributed by atoms with Gasteiger partial charge in [0.15, 0.2) is 17.4 Å². The molecule has 0 unspecified atom stereocenters. The lowest BCUT2D eigenvalue weighted by Crippen LogP contribution is -2.41. The zero-order valence-corrected chi connectivity index (χ0v) is 16.7. The van der Waals surface area contributed by atoms with Gasteiger partial charge in [-0.25, -0.2) is 4.98 Å². The highest BCUT2D eigenvalue weighted by atomic mass is 16.6. The van der Waals surface area contributed by atoms with Crippen molar-refractivity contribution in [3.05, 3.63) is 37.1 Å². The molecule has 4 rings (SSSR count). The molecule has 13 heteroatoms. The number of anilines is 3. The third-order valence-corrected chi connectivity index (χ3v) is 5.28. The summed E-state index contributed by atoms with van der Waals surface area (Å²) in [6.07, 6.45) is -1.63. The average molecular weight is 433 g/mol. The molecule has 0 saturated carbocycles. The number of aromatic amines is 1. The molecule has 1 aromatic carbocycles. The van der Waals surface area contributed by atoms with Crippen LogP contribution in [0.1, 0.15) is 26.0 Å². The van der Waals surface area contributed by atoms with Gasteiger partial charge in [-0.15, -0.1) is 0 Å². The van der Waals surface area contributed by atoms with Gasteiger partial charge in [-0.05, 0) is 6.42 Å². The number of ether oxygens (including phenoxy) is 1. The van der Waals surface area contributed by atoms with Crippen LogP contribution in [0.5, 0.6) is 0 Å². The SMILES string of the molecule is CCCCNc1c(NC[C@H]2O[C@@H](n3cnc4c(=O)[nH]c(N)nc43)[C@H](O)[C@@H]2O)c(=O)c1=O. The van der Waals surface area contributed by atoms with Gasteiger partial charge in [0.1, 0.15) is 29.7 Å². The molecule has 1 aliphatic heterocycles. The highest BCUT2D eigenvalue weighted by molar-refractivity contribution is 5.74. The zero-order valence-electron chi connectivity index (χ0n) is 16.7. The van der Waals surface area contributed by atoms with Crippen LogP contribution in [0.15, 0.2) is 20.7 Å². The van der Waals surface area contributed by atoms with Crippen LogP contribution in [0.2, 0.25) is 0 Å². The largest absolute Gasteiger partial charge is 0.387 e. The molecule has 7 N–H and O–H groups in total. The highest BCUT2D eigenvalue weighted by Crippen LogP contribution is 2.31. The van der Waals surface area contributed by atoms with Crippen molar-refractivity contribution in [2.24, 2.45) is 0 Å². The van der Waals surface area contributed by atoms with Crippen LogP contribution in [-0.4, -0.2) is 61.1 Å². The Morgan fingerprint density at radius 2 is 1.90 bits per heavy atom. The number of unbranched alkanes of at least 4 members (excludes halogenated alkanes) is 1. The van der Waals surface area contributed by atoms with E-state index < -0.39 is 41.0 Å². The summed E-state index contributed by atoms with van der Waals surface area (Å²) in [5.74, 6) is -0.131. The van der Waals surface area contributed by atoms with E-state index in [9.17, 15) is 24.6 Å². The molecule has 13 nitrogen and oxygen atoms in total. The topological polar surface area (TPSA) is 197 Å². The van der Waals surface area contributed by atoms with Crippen molar-refractivity contribution in [2.45, 2.75) is 44.3 Å². The zero-order chi connectivity index (χ0) is 22.3. The van der Waals surface area contributed by atoms with Crippen LogP contribution in [0.25, 0.3) is 11.2 Å². The van der Waals surface area contributed by atoms with Gasteiger partial charge in [0.2, 0.25) is 5.95 Å². The molecular weight excluding hydrogens is 410 g/mol. The number of nitrogens with two attached hydrogens (primary N) is 1. The molecule has 31 heavy (non-hydrogen) atoms. The maximum absolute atomic E-state index is 12.0. The number of aromatic nitrogens is 4. The standard InChI is InChI=1S/C18H23N7O6/c1-2-3-4-20-8-9(13(28)12(8)27)21-5-7-11(26)14(29)17(31-7)25-6-22-10-15(25)23-18(19)24-16(10)30/h6-7,11,14,17,20-21,26,29H,2-5H2,1H3,(H3,19,23,24,30)/t7-,11-,14-,17-/m1/s1. The minimum atomic E-state index is -1.36. The first kappa shape index (κ1) is 21.0. The van der Waals surface area contributed by atoms with Crippen molar-refractivity contribution in [1.82, 2.24) is 19.5 Å². The van der Waals surface area contributed by atoms with Crippen molar-refractivity contribution < 1.29 is 14.9 Å². The first-order valence-electron chi connectivity index (χ1n) is 9.88. The molecule has 166 valence electrons. The van der Waals surface area contributed by atoms with E-state index in [1.807, 2.05) is 6.92 Å². The highest BCUT2D eigenvalue weighted by Gasteiger charge is 2.44. The number of nitrogen functional groups attached to an aromatic ring is 1. The lowest BCUT2D eigenvalue weighted by Gasteiger charge is -2.19. The smallest absolute Gasteiger partial charge is 0.280 e. The fraction of sp³-hybridized carbons (Fsp3) is 0.500. The third-order valence-electron chi connectivity index (χ3n) is 5.28. The van der Waals surface area contributed by atoms with Gasteiger partial charge in [-0.3, -0.25) is 23.9 Å². The Bertz CT molecular complexity index is 1230. The predicted molar refractivity (Wildman–Crippen MR) is 112 cm³/mol. The van der Waals surface area contributed by atoms with Crippen molar-refractivity contribution in [3.63, 3.8) is 0 Å². The van der Waals surface area contributed by atoms with Crippen LogP contribution >= 0.6 is 0 Å². The second-order valence-corrected chi connectivity index (χ2v) is 7.39. The van der Waals surface area contributed by atoms with E-state index in [4.69, 9.17) is 10.5 Å². The van der Waals surface area contributed by atoms with E-state index in [2.05, 4.69) is 25.6 Å². The summed E-state index contributed by atoms with van der Waals surface area (Å²) in [6, 6.07) is 0. The molecule has 3 aromatic rings. The summed E-state index contributed by atoms with van der Waals surface area (Å²) in [7, 11) is 0. The first-order chi connectivity index (χ1) is 14.8. The van der Waals surface area contributed by atoms with Crippen molar-refractivity contribution in [1.29, 1.82) is 0 Å². The summed E-state index contributed by atoms with van der Waals surface area (Å²) >= 11 is 0. The molecule has 0 spiro atoms. The summed E-state index contributed by atoms with van der Waals surface area (Å²) in [5, 5.41) is 26.7. The Kier molecular flexibility index (Phi) is 5.47. The molecule has 3 heterocycles. The molecule has 1 aliphatic rings. The Morgan fingerprint density at radius 3 is 2.61 bits per heavy atom. The van der Waals surface area contributed by atoms with Gasteiger partial charge in [0.05, 0.1) is 6.33 Å². The number of aliphatic hydroxyl groups excluding tert-OH is 2. The van der Waals surface area contributed by atoms with Crippen molar-refractivity contribution in [2.75, 3.05) is 29.5 Å². The lowest BCUT2D eigenvalue weighted by molar-refractivity contribution is -0.0312. The predicted octanol–water partition coefficient (Wildman–Crippen LogP) is -1.76. The third kappa shape index (κ3) is 3.56. The number of H-pyrrole nitrogens is 1. The molecule has 4 atom stereocenters. The summed E-state index contributed by atoms with van der Waals surface area (Å²) in [6.45, 7) is 2.53. The molecule has 0 amide bonds. The van der Waals surface area contributed by atoms with E-state index in [1.165, 1.54) is 10.9 Å². The average Bonchev–Trinajstić information content (AvgIpc) is 3.28. The van der Waals surface area contributed by atoms with Crippen LogP contribution in [0, 0.1) is 0 Å². The molecule has 0 bridgehead atoms. The number of hydrogen-bond donors (Lipinski definition) is 6. The number of fused-ring (bicyclic) bond motifs is 1. The van der Waals surface area contributed by atoms with Gasteiger partial charge in [-0.2, -0.15) is 4.98 Å². The quantitative estimate of drug-likeness (QED) is 0.174. The van der Waals surface area contributed by atoms with E-state index in [0.717, 1.165) is 12.8 Å². The van der Waals surface area contributed by atoms with Gasteiger partial charge in [-0.1, -0.05) is 13.3 Å². The summed E-state index contributed by atoms with van der Waals surface area (Å²) < 4.78 is 7.07. The maximum atomic E-state index is 12.0. The lowest BCUT2D eigenvalue weighted by atomic mass is 10.1. The van der Waals surface area contributed by atoms with Crippen LogP contribution < -0.4 is 32.8 Å². The first-order valence-corrected chi connectivity index (χ1v) is 9.88. The van der Waals surface area contributed by atoms with Crippen molar-refractivity contribution >= 4 is 28.5 Å². The Balaban J connectivity index is 1.50. The monoisotopic (exact) mass is 433 g/mol. The van der Waals surface area contributed by atoms with Gasteiger partial charge in [0, 0.05) is 13.1 Å². The fourth-order valence-corrected chi connectivity index (χ4v) is 3.58. The molecule has 1 saturated heterocycles. The molecule has 0 radical (unpaired) electrons. The van der Waals surface area contributed by atoms with Crippen LogP contribution in [0.3, 0.4) is 0 Å². The minimum absolute atomic E-state index is 0.00703. The Labute approximate surface area is 174 Å². The fourth-order valence-electron chi connectivity index (χ4n) is 3.58. The molecule has 1 fully saturated rings. The number of nitrogens with zero attached hydrogens (tertiary/aromatic N) is 3. The van der Waals surface area contributed by atoms with Crippen molar-refractivity contribution in [3.8, 4) is 0 Å². The van der Waals surface area contributed by atoms with Crippen LogP contribution in [-0.2, 0) is 4.74 Å². The van der Waals surface area contributed by atoms with Crippen LogP contribution in [0.4, 0.5) is 17.3 Å². The summed E-state index contributed by atoms with van der Waals surface area (Å²) in [4.78, 5) is 45.9. The number of nitrogens with one attached hydrogen (secondary N) is 3. The molecule has 2 aromatic heterocycles. The second kappa shape index (κ2) is 8.09.